The smallest absolute Gasteiger partial charge is 0.238 e. The van der Waals surface area contributed by atoms with E-state index in [2.05, 4.69) is 5.32 Å². The monoisotopic (exact) mass is 286 g/mol. The van der Waals surface area contributed by atoms with E-state index in [4.69, 9.17) is 5.26 Å². The summed E-state index contributed by atoms with van der Waals surface area (Å²) >= 11 is 0. The first kappa shape index (κ1) is 15.0. The van der Waals surface area contributed by atoms with Gasteiger partial charge in [-0.15, -0.1) is 0 Å². The molecule has 1 aromatic carbocycles. The first-order chi connectivity index (χ1) is 10.1. The number of benzene rings is 1. The second kappa shape index (κ2) is 6.86. The highest BCUT2D eigenvalue weighted by Crippen LogP contribution is 2.09. The number of nitrogens with one attached hydrogen (secondary N) is 1. The molecule has 2 rings (SSSR count). The third-order valence-electron chi connectivity index (χ3n) is 3.42. The number of nitrogens with zero attached hydrogens (tertiary/aromatic N) is 3. The lowest BCUT2D eigenvalue weighted by Gasteiger charge is -2.18. The Morgan fingerprint density at radius 1 is 1.33 bits per heavy atom. The van der Waals surface area contributed by atoms with Gasteiger partial charge in [0, 0.05) is 25.8 Å². The van der Waals surface area contributed by atoms with Gasteiger partial charge in [-0.1, -0.05) is 0 Å². The first-order valence-corrected chi connectivity index (χ1v) is 6.85. The van der Waals surface area contributed by atoms with Gasteiger partial charge in [-0.25, -0.2) is 0 Å². The van der Waals surface area contributed by atoms with Gasteiger partial charge in [0.1, 0.15) is 0 Å². The van der Waals surface area contributed by atoms with Gasteiger partial charge in [0.15, 0.2) is 0 Å². The zero-order chi connectivity index (χ0) is 15.2. The summed E-state index contributed by atoms with van der Waals surface area (Å²) in [6.07, 6.45) is 0.867. The number of hydrogen-bond donors (Lipinski definition) is 1. The standard InChI is InChI=1S/C15H18N4O2/c1-18-7-2-8-19(11-15(18)21)10-14(20)17-13-5-3-12(9-16)4-6-13/h3-6H,2,7-8,10-11H2,1H3,(H,17,20). The van der Waals surface area contributed by atoms with Crippen molar-refractivity contribution in [2.24, 2.45) is 0 Å². The number of anilines is 1. The molecule has 0 unspecified atom stereocenters. The summed E-state index contributed by atoms with van der Waals surface area (Å²) in [6.45, 7) is 1.93. The maximum Gasteiger partial charge on any atom is 0.238 e. The number of carbonyl (C=O) groups is 2. The van der Waals surface area contributed by atoms with Crippen molar-refractivity contribution >= 4 is 17.5 Å². The molecule has 1 N–H and O–H groups in total. The van der Waals surface area contributed by atoms with Gasteiger partial charge in [-0.3, -0.25) is 14.5 Å². The summed E-state index contributed by atoms with van der Waals surface area (Å²) in [7, 11) is 1.78. The van der Waals surface area contributed by atoms with Crippen LogP contribution in [0.3, 0.4) is 0 Å². The lowest BCUT2D eigenvalue weighted by Crippen LogP contribution is -2.38. The Balaban J connectivity index is 1.89. The van der Waals surface area contributed by atoms with E-state index in [0.717, 1.165) is 19.5 Å². The fourth-order valence-electron chi connectivity index (χ4n) is 2.21. The lowest BCUT2D eigenvalue weighted by molar-refractivity contribution is -0.130. The molecule has 1 aromatic rings. The topological polar surface area (TPSA) is 76.4 Å². The Bertz CT molecular complexity index is 562. The summed E-state index contributed by atoms with van der Waals surface area (Å²) in [4.78, 5) is 27.3. The average Bonchev–Trinajstić information content (AvgIpc) is 2.61. The SMILES string of the molecule is CN1CCCN(CC(=O)Nc2ccc(C#N)cc2)CC1=O. The van der Waals surface area contributed by atoms with Crippen molar-refractivity contribution in [3.05, 3.63) is 29.8 Å². The minimum absolute atomic E-state index is 0.0404. The van der Waals surface area contributed by atoms with E-state index in [1.807, 2.05) is 11.0 Å². The van der Waals surface area contributed by atoms with Crippen LogP contribution in [0.1, 0.15) is 12.0 Å². The molecule has 0 radical (unpaired) electrons. The highest BCUT2D eigenvalue weighted by Gasteiger charge is 2.20. The molecule has 21 heavy (non-hydrogen) atoms. The molecule has 2 amide bonds. The zero-order valence-electron chi connectivity index (χ0n) is 12.0. The van der Waals surface area contributed by atoms with E-state index >= 15 is 0 Å². The molecule has 0 bridgehead atoms. The Hall–Kier alpha value is -2.39. The number of likely N-dealkylation sites (N-methyl/N-ethyl adjacent to an activating group) is 1. The number of amides is 2. The van der Waals surface area contributed by atoms with Crippen LogP contribution in [-0.2, 0) is 9.59 Å². The predicted molar refractivity (Wildman–Crippen MR) is 78.5 cm³/mol. The number of carbonyl (C=O) groups excluding carboxylic acids is 2. The summed E-state index contributed by atoms with van der Waals surface area (Å²) < 4.78 is 0. The summed E-state index contributed by atoms with van der Waals surface area (Å²) in [5.74, 6) is -0.115. The minimum atomic E-state index is -0.155. The summed E-state index contributed by atoms with van der Waals surface area (Å²) in [5, 5.41) is 11.5. The fourth-order valence-corrected chi connectivity index (χ4v) is 2.21. The molecular formula is C15H18N4O2. The maximum atomic E-state index is 12.0. The Morgan fingerprint density at radius 2 is 2.05 bits per heavy atom. The quantitative estimate of drug-likeness (QED) is 0.885. The number of rotatable bonds is 3. The van der Waals surface area contributed by atoms with Gasteiger partial charge >= 0.3 is 0 Å². The first-order valence-electron chi connectivity index (χ1n) is 6.85. The van der Waals surface area contributed by atoms with Gasteiger partial charge in [-0.05, 0) is 30.7 Å². The van der Waals surface area contributed by atoms with Crippen molar-refractivity contribution in [1.82, 2.24) is 9.80 Å². The van der Waals surface area contributed by atoms with Crippen LogP contribution in [0.25, 0.3) is 0 Å². The molecule has 110 valence electrons. The molecule has 1 aliphatic heterocycles. The van der Waals surface area contributed by atoms with Crippen molar-refractivity contribution < 1.29 is 9.59 Å². The van der Waals surface area contributed by atoms with Crippen molar-refractivity contribution in [1.29, 1.82) is 5.26 Å². The number of hydrogen-bond acceptors (Lipinski definition) is 4. The van der Waals surface area contributed by atoms with Gasteiger partial charge in [0.2, 0.25) is 11.8 Å². The molecule has 0 atom stereocenters. The van der Waals surface area contributed by atoms with Crippen LogP contribution in [-0.4, -0.2) is 54.8 Å². The van der Waals surface area contributed by atoms with Crippen molar-refractivity contribution in [3.63, 3.8) is 0 Å². The highest BCUT2D eigenvalue weighted by atomic mass is 16.2. The van der Waals surface area contributed by atoms with E-state index in [-0.39, 0.29) is 24.9 Å². The molecule has 1 saturated heterocycles. The van der Waals surface area contributed by atoms with E-state index in [1.54, 1.807) is 36.2 Å². The van der Waals surface area contributed by atoms with Crippen molar-refractivity contribution in [2.75, 3.05) is 38.5 Å². The molecule has 6 heteroatoms. The molecule has 0 spiro atoms. The molecule has 0 aliphatic carbocycles. The minimum Gasteiger partial charge on any atom is -0.345 e. The van der Waals surface area contributed by atoms with Crippen LogP contribution >= 0.6 is 0 Å². The molecular weight excluding hydrogens is 268 g/mol. The van der Waals surface area contributed by atoms with E-state index in [0.29, 0.717) is 11.3 Å². The number of nitriles is 1. The van der Waals surface area contributed by atoms with E-state index < -0.39 is 0 Å². The largest absolute Gasteiger partial charge is 0.345 e. The Kier molecular flexibility index (Phi) is 4.90. The van der Waals surface area contributed by atoms with Crippen LogP contribution in [0, 0.1) is 11.3 Å². The Labute approximate surface area is 123 Å². The normalized spacial score (nSPS) is 16.2. The maximum absolute atomic E-state index is 12.0. The molecule has 0 aromatic heterocycles. The van der Waals surface area contributed by atoms with Gasteiger partial charge in [0.25, 0.3) is 0 Å². The average molecular weight is 286 g/mol. The summed E-state index contributed by atoms with van der Waals surface area (Å²) in [6, 6.07) is 8.72. The van der Waals surface area contributed by atoms with Crippen LogP contribution in [0.4, 0.5) is 5.69 Å². The van der Waals surface area contributed by atoms with Crippen LogP contribution in [0.15, 0.2) is 24.3 Å². The Morgan fingerprint density at radius 3 is 2.71 bits per heavy atom. The lowest BCUT2D eigenvalue weighted by atomic mass is 10.2. The van der Waals surface area contributed by atoms with Crippen LogP contribution in [0.2, 0.25) is 0 Å². The second-order valence-electron chi connectivity index (χ2n) is 5.12. The highest BCUT2D eigenvalue weighted by molar-refractivity contribution is 5.92. The molecule has 6 nitrogen and oxygen atoms in total. The van der Waals surface area contributed by atoms with E-state index in [9.17, 15) is 9.59 Å². The second-order valence-corrected chi connectivity index (χ2v) is 5.12. The van der Waals surface area contributed by atoms with Gasteiger partial charge in [0.05, 0.1) is 24.7 Å². The van der Waals surface area contributed by atoms with E-state index in [1.165, 1.54) is 0 Å². The van der Waals surface area contributed by atoms with Crippen molar-refractivity contribution in [2.45, 2.75) is 6.42 Å². The van der Waals surface area contributed by atoms with Gasteiger partial charge < -0.3 is 10.2 Å². The van der Waals surface area contributed by atoms with Crippen LogP contribution in [0.5, 0.6) is 0 Å². The third kappa shape index (κ3) is 4.29. The van der Waals surface area contributed by atoms with Gasteiger partial charge in [-0.2, -0.15) is 5.26 Å². The summed E-state index contributed by atoms with van der Waals surface area (Å²) in [5.41, 5.74) is 1.20. The molecule has 1 aliphatic rings. The third-order valence-corrected chi connectivity index (χ3v) is 3.42. The fraction of sp³-hybridized carbons (Fsp3) is 0.400. The molecule has 1 fully saturated rings. The molecule has 1 heterocycles. The predicted octanol–water partition coefficient (Wildman–Crippen LogP) is 0.661. The zero-order valence-corrected chi connectivity index (χ0v) is 12.0. The van der Waals surface area contributed by atoms with Crippen molar-refractivity contribution in [3.8, 4) is 6.07 Å². The van der Waals surface area contributed by atoms with Crippen LogP contribution < -0.4 is 5.32 Å². The molecule has 0 saturated carbocycles.